The van der Waals surface area contributed by atoms with Crippen molar-refractivity contribution in [1.82, 2.24) is 15.3 Å². The number of hydrogen-bond acceptors (Lipinski definition) is 3. The van der Waals surface area contributed by atoms with Gasteiger partial charge in [-0.05, 0) is 18.9 Å². The van der Waals surface area contributed by atoms with Crippen LogP contribution in [0.25, 0.3) is 0 Å². The SMILES string of the molecule is CCNCc1cnc(C(OCC)C(C)(C)C)[nH]1. The van der Waals surface area contributed by atoms with E-state index in [1.54, 1.807) is 0 Å². The van der Waals surface area contributed by atoms with Crippen LogP contribution in [0.2, 0.25) is 0 Å². The molecule has 0 aliphatic heterocycles. The molecule has 1 aromatic rings. The number of rotatable bonds is 6. The lowest BCUT2D eigenvalue weighted by molar-refractivity contribution is -0.0186. The van der Waals surface area contributed by atoms with Gasteiger partial charge >= 0.3 is 0 Å². The van der Waals surface area contributed by atoms with Gasteiger partial charge in [-0.1, -0.05) is 27.7 Å². The van der Waals surface area contributed by atoms with E-state index in [2.05, 4.69) is 43.0 Å². The molecule has 98 valence electrons. The van der Waals surface area contributed by atoms with Crippen LogP contribution < -0.4 is 5.32 Å². The first-order valence-electron chi connectivity index (χ1n) is 6.35. The molecule has 2 N–H and O–H groups in total. The molecule has 1 aromatic heterocycles. The molecule has 0 aliphatic carbocycles. The van der Waals surface area contributed by atoms with Crippen LogP contribution in [0.1, 0.15) is 52.2 Å². The van der Waals surface area contributed by atoms with Gasteiger partial charge in [-0.25, -0.2) is 4.98 Å². The molecule has 4 nitrogen and oxygen atoms in total. The first-order chi connectivity index (χ1) is 7.99. The van der Waals surface area contributed by atoms with E-state index in [9.17, 15) is 0 Å². The number of ether oxygens (including phenoxy) is 1. The molecule has 1 rings (SSSR count). The molecular weight excluding hydrogens is 214 g/mol. The zero-order valence-corrected chi connectivity index (χ0v) is 11.6. The largest absolute Gasteiger partial charge is 0.370 e. The fourth-order valence-electron chi connectivity index (χ4n) is 1.77. The number of aromatic amines is 1. The van der Waals surface area contributed by atoms with E-state index in [0.717, 1.165) is 24.6 Å². The average molecular weight is 239 g/mol. The molecule has 0 amide bonds. The number of aromatic nitrogens is 2. The predicted octanol–water partition coefficient (Wildman–Crippen LogP) is 2.64. The van der Waals surface area contributed by atoms with Gasteiger partial charge < -0.3 is 15.0 Å². The lowest BCUT2D eigenvalue weighted by Crippen LogP contribution is -2.22. The van der Waals surface area contributed by atoms with Gasteiger partial charge in [0.25, 0.3) is 0 Å². The Kier molecular flexibility index (Phi) is 5.15. The Morgan fingerprint density at radius 1 is 1.41 bits per heavy atom. The highest BCUT2D eigenvalue weighted by atomic mass is 16.5. The maximum absolute atomic E-state index is 5.80. The summed E-state index contributed by atoms with van der Waals surface area (Å²) in [7, 11) is 0. The molecule has 0 fully saturated rings. The first kappa shape index (κ1) is 14.2. The smallest absolute Gasteiger partial charge is 0.136 e. The van der Waals surface area contributed by atoms with E-state index in [1.807, 2.05) is 13.1 Å². The molecule has 4 heteroatoms. The van der Waals surface area contributed by atoms with Gasteiger partial charge in [-0.3, -0.25) is 0 Å². The summed E-state index contributed by atoms with van der Waals surface area (Å²) in [5, 5.41) is 3.28. The van der Waals surface area contributed by atoms with Gasteiger partial charge in [0, 0.05) is 25.0 Å². The summed E-state index contributed by atoms with van der Waals surface area (Å²) < 4.78 is 5.80. The predicted molar refractivity (Wildman–Crippen MR) is 69.8 cm³/mol. The fourth-order valence-corrected chi connectivity index (χ4v) is 1.77. The van der Waals surface area contributed by atoms with Crippen molar-refractivity contribution in [3.8, 4) is 0 Å². The Balaban J connectivity index is 2.77. The third-order valence-electron chi connectivity index (χ3n) is 2.58. The van der Waals surface area contributed by atoms with Crippen LogP contribution in [-0.4, -0.2) is 23.1 Å². The van der Waals surface area contributed by atoms with Gasteiger partial charge in [-0.2, -0.15) is 0 Å². The van der Waals surface area contributed by atoms with Crippen LogP contribution in [-0.2, 0) is 11.3 Å². The maximum atomic E-state index is 5.80. The van der Waals surface area contributed by atoms with Gasteiger partial charge in [0.1, 0.15) is 11.9 Å². The Labute approximate surface area is 104 Å². The molecule has 0 bridgehead atoms. The van der Waals surface area contributed by atoms with Crippen molar-refractivity contribution in [3.05, 3.63) is 17.7 Å². The quantitative estimate of drug-likeness (QED) is 0.802. The molecule has 0 aliphatic rings. The van der Waals surface area contributed by atoms with Gasteiger partial charge in [0.15, 0.2) is 0 Å². The van der Waals surface area contributed by atoms with E-state index in [0.29, 0.717) is 6.61 Å². The monoisotopic (exact) mass is 239 g/mol. The zero-order valence-electron chi connectivity index (χ0n) is 11.6. The minimum atomic E-state index is 0.0166. The molecule has 1 heterocycles. The molecule has 0 radical (unpaired) electrons. The van der Waals surface area contributed by atoms with Crippen LogP contribution in [0.5, 0.6) is 0 Å². The zero-order chi connectivity index (χ0) is 12.9. The van der Waals surface area contributed by atoms with E-state index < -0.39 is 0 Å². The summed E-state index contributed by atoms with van der Waals surface area (Å²) in [6, 6.07) is 0. The second-order valence-electron chi connectivity index (χ2n) is 5.28. The van der Waals surface area contributed by atoms with Crippen LogP contribution in [0.3, 0.4) is 0 Å². The summed E-state index contributed by atoms with van der Waals surface area (Å²) in [5.41, 5.74) is 1.15. The first-order valence-corrected chi connectivity index (χ1v) is 6.35. The van der Waals surface area contributed by atoms with Crippen LogP contribution in [0.4, 0.5) is 0 Å². The fraction of sp³-hybridized carbons (Fsp3) is 0.769. The minimum Gasteiger partial charge on any atom is -0.370 e. The molecule has 17 heavy (non-hydrogen) atoms. The summed E-state index contributed by atoms with van der Waals surface area (Å²) in [5.74, 6) is 0.923. The number of nitrogens with zero attached hydrogens (tertiary/aromatic N) is 1. The molecule has 0 aromatic carbocycles. The lowest BCUT2D eigenvalue weighted by Gasteiger charge is -2.28. The van der Waals surface area contributed by atoms with E-state index in [-0.39, 0.29) is 11.5 Å². The molecule has 0 saturated carbocycles. The van der Waals surface area contributed by atoms with Gasteiger partial charge in [0.2, 0.25) is 0 Å². The number of H-pyrrole nitrogens is 1. The molecule has 1 atom stereocenters. The second kappa shape index (κ2) is 6.17. The summed E-state index contributed by atoms with van der Waals surface area (Å²) in [6.45, 7) is 13.1. The molecule has 1 unspecified atom stereocenters. The molecule has 0 spiro atoms. The van der Waals surface area contributed by atoms with E-state index in [4.69, 9.17) is 4.74 Å². The Bertz CT molecular complexity index is 328. The minimum absolute atomic E-state index is 0.0166. The summed E-state index contributed by atoms with van der Waals surface area (Å²) in [6.07, 6.45) is 1.90. The van der Waals surface area contributed by atoms with Crippen molar-refractivity contribution in [2.45, 2.75) is 47.3 Å². The van der Waals surface area contributed by atoms with Crippen molar-refractivity contribution in [2.75, 3.05) is 13.2 Å². The Hall–Kier alpha value is -0.870. The number of nitrogens with one attached hydrogen (secondary N) is 2. The van der Waals surface area contributed by atoms with Crippen molar-refractivity contribution < 1.29 is 4.74 Å². The van der Waals surface area contributed by atoms with Crippen LogP contribution in [0, 0.1) is 5.41 Å². The van der Waals surface area contributed by atoms with Crippen LogP contribution >= 0.6 is 0 Å². The maximum Gasteiger partial charge on any atom is 0.136 e. The van der Waals surface area contributed by atoms with Crippen LogP contribution in [0.15, 0.2) is 6.20 Å². The average Bonchev–Trinajstić information content (AvgIpc) is 2.69. The van der Waals surface area contributed by atoms with Crippen molar-refractivity contribution in [2.24, 2.45) is 5.41 Å². The topological polar surface area (TPSA) is 49.9 Å². The Morgan fingerprint density at radius 3 is 2.65 bits per heavy atom. The second-order valence-corrected chi connectivity index (χ2v) is 5.28. The highest BCUT2D eigenvalue weighted by Gasteiger charge is 2.29. The summed E-state index contributed by atoms with van der Waals surface area (Å²) in [4.78, 5) is 7.77. The normalized spacial score (nSPS) is 13.9. The van der Waals surface area contributed by atoms with Crippen molar-refractivity contribution in [3.63, 3.8) is 0 Å². The highest BCUT2D eigenvalue weighted by Crippen LogP contribution is 2.34. The molecular formula is C13H25N3O. The lowest BCUT2D eigenvalue weighted by atomic mass is 9.88. The number of hydrogen-bond donors (Lipinski definition) is 2. The van der Waals surface area contributed by atoms with Gasteiger partial charge in [0.05, 0.1) is 0 Å². The summed E-state index contributed by atoms with van der Waals surface area (Å²) >= 11 is 0. The third kappa shape index (κ3) is 4.13. The molecule has 0 saturated heterocycles. The van der Waals surface area contributed by atoms with E-state index >= 15 is 0 Å². The van der Waals surface area contributed by atoms with Crippen molar-refractivity contribution in [1.29, 1.82) is 0 Å². The number of imidazole rings is 1. The highest BCUT2D eigenvalue weighted by molar-refractivity contribution is 5.05. The Morgan fingerprint density at radius 2 is 2.12 bits per heavy atom. The van der Waals surface area contributed by atoms with Crippen molar-refractivity contribution >= 4 is 0 Å². The third-order valence-corrected chi connectivity index (χ3v) is 2.58. The van der Waals surface area contributed by atoms with Gasteiger partial charge in [-0.15, -0.1) is 0 Å². The standard InChI is InChI=1S/C13H25N3O/c1-6-14-8-10-9-15-12(16-10)11(17-7-2)13(3,4)5/h9,11,14H,6-8H2,1-5H3,(H,15,16). The van der Waals surface area contributed by atoms with E-state index in [1.165, 1.54) is 0 Å².